The smallest absolute Gasteiger partial charge is 0.202 e. The summed E-state index contributed by atoms with van der Waals surface area (Å²) in [6, 6.07) is 11.7. The second-order valence-electron chi connectivity index (χ2n) is 3.61. The molecule has 88 valence electrons. The van der Waals surface area contributed by atoms with Crippen LogP contribution in [0.1, 0.15) is 5.76 Å². The highest BCUT2D eigenvalue weighted by atomic mass is 32.2. The first-order valence-electron chi connectivity index (χ1n) is 5.11. The van der Waals surface area contributed by atoms with Gasteiger partial charge in [0.25, 0.3) is 0 Å². The number of hydrogen-bond acceptors (Lipinski definition) is 3. The van der Waals surface area contributed by atoms with Crippen molar-refractivity contribution in [3.8, 4) is 0 Å². The topological polar surface area (TPSA) is 47.3 Å². The summed E-state index contributed by atoms with van der Waals surface area (Å²) in [6.45, 7) is 3.63. The van der Waals surface area contributed by atoms with Crippen molar-refractivity contribution in [2.45, 2.75) is 11.3 Å². The maximum absolute atomic E-state index is 12.1. The van der Waals surface area contributed by atoms with Gasteiger partial charge >= 0.3 is 0 Å². The van der Waals surface area contributed by atoms with Crippen molar-refractivity contribution in [2.24, 2.45) is 0 Å². The zero-order chi connectivity index (χ0) is 12.3. The molecule has 0 unspecified atom stereocenters. The zero-order valence-electron chi connectivity index (χ0n) is 9.17. The van der Waals surface area contributed by atoms with E-state index in [4.69, 9.17) is 4.42 Å². The molecule has 1 aromatic carbocycles. The molecule has 0 atom stereocenters. The van der Waals surface area contributed by atoms with Gasteiger partial charge in [-0.15, -0.1) is 0 Å². The van der Waals surface area contributed by atoms with Crippen LogP contribution in [0.5, 0.6) is 0 Å². The Balaban J connectivity index is 2.25. The van der Waals surface area contributed by atoms with E-state index < -0.39 is 9.84 Å². The summed E-state index contributed by atoms with van der Waals surface area (Å²) in [4.78, 5) is 0.398. The Labute approximate surface area is 100 Å². The molecule has 1 heterocycles. The van der Waals surface area contributed by atoms with Crippen LogP contribution in [-0.4, -0.2) is 8.42 Å². The molecule has 0 spiro atoms. The standard InChI is InChI=1S/C13H12O3S/c1-11(10-12-6-5-9-16-12)17(14,15)13-7-3-2-4-8-13/h2-9H,1,10H2. The van der Waals surface area contributed by atoms with Gasteiger partial charge in [-0.1, -0.05) is 24.8 Å². The highest BCUT2D eigenvalue weighted by Gasteiger charge is 2.19. The number of allylic oxidation sites excluding steroid dienone is 1. The molecule has 0 bridgehead atoms. The molecule has 17 heavy (non-hydrogen) atoms. The van der Waals surface area contributed by atoms with E-state index in [0.29, 0.717) is 5.76 Å². The quantitative estimate of drug-likeness (QED) is 0.835. The zero-order valence-corrected chi connectivity index (χ0v) is 9.98. The van der Waals surface area contributed by atoms with Crippen molar-refractivity contribution in [1.82, 2.24) is 0 Å². The van der Waals surface area contributed by atoms with Crippen molar-refractivity contribution in [1.29, 1.82) is 0 Å². The normalized spacial score (nSPS) is 11.3. The Bertz CT molecular complexity index is 595. The molecule has 3 nitrogen and oxygen atoms in total. The fraction of sp³-hybridized carbons (Fsp3) is 0.0769. The Morgan fingerprint density at radius 2 is 1.82 bits per heavy atom. The molecular weight excluding hydrogens is 236 g/mol. The lowest BCUT2D eigenvalue weighted by Gasteiger charge is -2.05. The molecule has 0 saturated carbocycles. The van der Waals surface area contributed by atoms with Crippen molar-refractivity contribution >= 4 is 9.84 Å². The van der Waals surface area contributed by atoms with E-state index in [1.807, 2.05) is 0 Å². The largest absolute Gasteiger partial charge is 0.469 e. The first-order valence-corrected chi connectivity index (χ1v) is 6.59. The number of sulfone groups is 1. The minimum absolute atomic E-state index is 0.138. The van der Waals surface area contributed by atoms with E-state index in [-0.39, 0.29) is 16.2 Å². The van der Waals surface area contributed by atoms with Gasteiger partial charge in [0.1, 0.15) is 5.76 Å². The third-order valence-electron chi connectivity index (χ3n) is 2.39. The van der Waals surface area contributed by atoms with Crippen LogP contribution in [-0.2, 0) is 16.3 Å². The molecule has 2 aromatic rings. The second kappa shape index (κ2) is 4.59. The summed E-state index contributed by atoms with van der Waals surface area (Å²) in [7, 11) is -3.47. The first-order chi connectivity index (χ1) is 8.10. The lowest BCUT2D eigenvalue weighted by atomic mass is 10.3. The molecule has 0 saturated heterocycles. The molecule has 0 N–H and O–H groups in total. The molecule has 0 aliphatic heterocycles. The highest BCUT2D eigenvalue weighted by molar-refractivity contribution is 7.95. The highest BCUT2D eigenvalue weighted by Crippen LogP contribution is 2.20. The summed E-state index contributed by atoms with van der Waals surface area (Å²) in [5, 5.41) is 0. The summed E-state index contributed by atoms with van der Waals surface area (Å²) < 4.78 is 29.3. The van der Waals surface area contributed by atoms with E-state index >= 15 is 0 Å². The van der Waals surface area contributed by atoms with Gasteiger partial charge in [-0.3, -0.25) is 0 Å². The van der Waals surface area contributed by atoms with Gasteiger partial charge in [0.05, 0.1) is 11.2 Å². The summed E-state index contributed by atoms with van der Waals surface area (Å²) in [5.74, 6) is 0.592. The molecule has 0 aliphatic rings. The van der Waals surface area contributed by atoms with E-state index in [1.54, 1.807) is 42.5 Å². The Morgan fingerprint density at radius 1 is 1.12 bits per heavy atom. The predicted octanol–water partition coefficient (Wildman–Crippen LogP) is 2.81. The SMILES string of the molecule is C=C(Cc1ccco1)S(=O)(=O)c1ccccc1. The van der Waals surface area contributed by atoms with E-state index in [0.717, 1.165) is 0 Å². The van der Waals surface area contributed by atoms with Crippen LogP contribution in [0.15, 0.2) is 69.5 Å². The fourth-order valence-electron chi connectivity index (χ4n) is 1.47. The third-order valence-corrected chi connectivity index (χ3v) is 4.18. The summed E-state index contributed by atoms with van der Waals surface area (Å²) in [5.41, 5.74) is 0. The second-order valence-corrected chi connectivity index (χ2v) is 5.67. The maximum atomic E-state index is 12.1. The van der Waals surface area contributed by atoms with Gasteiger partial charge < -0.3 is 4.42 Å². The third kappa shape index (κ3) is 2.47. The molecule has 2 rings (SSSR count). The Hall–Kier alpha value is -1.81. The van der Waals surface area contributed by atoms with Gasteiger partial charge in [-0.2, -0.15) is 0 Å². The van der Waals surface area contributed by atoms with Crippen LogP contribution in [0.4, 0.5) is 0 Å². The van der Waals surface area contributed by atoms with Gasteiger partial charge in [-0.25, -0.2) is 8.42 Å². The van der Waals surface area contributed by atoms with Crippen LogP contribution in [0.3, 0.4) is 0 Å². The molecule has 0 fully saturated rings. The molecule has 1 aromatic heterocycles. The minimum Gasteiger partial charge on any atom is -0.469 e. The Kier molecular flexibility index (Phi) is 3.15. The minimum atomic E-state index is -3.47. The van der Waals surface area contributed by atoms with E-state index in [1.165, 1.54) is 6.26 Å². The number of benzene rings is 1. The van der Waals surface area contributed by atoms with Gasteiger partial charge in [0.15, 0.2) is 0 Å². The molecule has 0 radical (unpaired) electrons. The number of furan rings is 1. The van der Waals surface area contributed by atoms with Crippen LogP contribution >= 0.6 is 0 Å². The lowest BCUT2D eigenvalue weighted by Crippen LogP contribution is -2.05. The van der Waals surface area contributed by atoms with Crippen molar-refractivity contribution in [3.05, 3.63) is 66.0 Å². The first kappa shape index (κ1) is 11.7. The summed E-state index contributed by atoms with van der Waals surface area (Å²) in [6.07, 6.45) is 1.71. The average Bonchev–Trinajstić information content (AvgIpc) is 2.83. The monoisotopic (exact) mass is 248 g/mol. The fourth-order valence-corrected chi connectivity index (χ4v) is 2.65. The summed E-state index contributed by atoms with van der Waals surface area (Å²) >= 11 is 0. The Morgan fingerprint density at radius 3 is 2.41 bits per heavy atom. The lowest BCUT2D eigenvalue weighted by molar-refractivity contribution is 0.520. The van der Waals surface area contributed by atoms with E-state index in [2.05, 4.69) is 6.58 Å². The molecule has 4 heteroatoms. The van der Waals surface area contributed by atoms with Crippen LogP contribution < -0.4 is 0 Å². The van der Waals surface area contributed by atoms with Gasteiger partial charge in [0, 0.05) is 11.3 Å². The average molecular weight is 248 g/mol. The van der Waals surface area contributed by atoms with Crippen LogP contribution in [0.25, 0.3) is 0 Å². The van der Waals surface area contributed by atoms with Gasteiger partial charge in [0.2, 0.25) is 9.84 Å². The maximum Gasteiger partial charge on any atom is 0.202 e. The predicted molar refractivity (Wildman–Crippen MR) is 65.2 cm³/mol. The van der Waals surface area contributed by atoms with Gasteiger partial charge in [-0.05, 0) is 24.3 Å². The van der Waals surface area contributed by atoms with E-state index in [9.17, 15) is 8.42 Å². The van der Waals surface area contributed by atoms with Crippen LogP contribution in [0, 0.1) is 0 Å². The number of hydrogen-bond donors (Lipinski definition) is 0. The molecule has 0 aliphatic carbocycles. The number of rotatable bonds is 4. The van der Waals surface area contributed by atoms with Crippen molar-refractivity contribution < 1.29 is 12.8 Å². The molecular formula is C13H12O3S. The van der Waals surface area contributed by atoms with Crippen molar-refractivity contribution in [3.63, 3.8) is 0 Å². The van der Waals surface area contributed by atoms with Crippen LogP contribution in [0.2, 0.25) is 0 Å². The van der Waals surface area contributed by atoms with Crippen molar-refractivity contribution in [2.75, 3.05) is 0 Å². The molecule has 0 amide bonds.